The van der Waals surface area contributed by atoms with E-state index in [4.69, 9.17) is 39.5 Å². The van der Waals surface area contributed by atoms with Crippen molar-refractivity contribution in [3.05, 3.63) is 81.1 Å². The molecule has 2 aromatic carbocycles. The SMILES string of the molecule is O=C(c1ccn(COc2ccccc2Cl)n1)N1CCN(Cc2ccc(Cl)cc2Cl)CC1. The maximum Gasteiger partial charge on any atom is 0.274 e. The Morgan fingerprint density at radius 1 is 0.968 bits per heavy atom. The van der Waals surface area contributed by atoms with E-state index in [0.717, 1.165) is 25.2 Å². The molecule has 1 aliphatic rings. The number of carbonyl (C=O) groups is 1. The van der Waals surface area contributed by atoms with Gasteiger partial charge in [-0.25, -0.2) is 4.68 Å². The first-order valence-corrected chi connectivity index (χ1v) is 11.0. The Morgan fingerprint density at radius 3 is 2.48 bits per heavy atom. The number of hydrogen-bond donors (Lipinski definition) is 0. The Hall–Kier alpha value is -2.25. The Morgan fingerprint density at radius 2 is 1.74 bits per heavy atom. The maximum atomic E-state index is 12.8. The van der Waals surface area contributed by atoms with Crippen LogP contribution in [0.4, 0.5) is 0 Å². The molecule has 0 atom stereocenters. The highest BCUT2D eigenvalue weighted by molar-refractivity contribution is 6.35. The van der Waals surface area contributed by atoms with E-state index in [2.05, 4.69) is 10.00 Å². The second-order valence-electron chi connectivity index (χ2n) is 7.25. The molecular weight excluding hydrogens is 459 g/mol. The molecule has 0 aliphatic carbocycles. The lowest BCUT2D eigenvalue weighted by Crippen LogP contribution is -2.48. The van der Waals surface area contributed by atoms with Crippen LogP contribution >= 0.6 is 34.8 Å². The van der Waals surface area contributed by atoms with Crippen LogP contribution in [0.15, 0.2) is 54.7 Å². The Kier molecular flexibility index (Phi) is 7.02. The Bertz CT molecular complexity index is 1060. The van der Waals surface area contributed by atoms with Gasteiger partial charge in [-0.05, 0) is 35.9 Å². The molecule has 0 N–H and O–H groups in total. The molecule has 0 spiro atoms. The molecular formula is C22H21Cl3N4O2. The summed E-state index contributed by atoms with van der Waals surface area (Å²) in [6.07, 6.45) is 1.73. The van der Waals surface area contributed by atoms with Gasteiger partial charge in [0.05, 0.1) is 5.02 Å². The van der Waals surface area contributed by atoms with Crippen molar-refractivity contribution in [3.63, 3.8) is 0 Å². The van der Waals surface area contributed by atoms with Crippen molar-refractivity contribution in [1.29, 1.82) is 0 Å². The first-order valence-electron chi connectivity index (χ1n) is 9.86. The minimum atomic E-state index is -0.0827. The standard InChI is InChI=1S/C22H21Cl3N4O2/c23-17-6-5-16(19(25)13-17)14-27-9-11-28(12-10-27)22(30)20-7-8-29(26-20)15-31-21-4-2-1-3-18(21)24/h1-8,13H,9-12,14-15H2. The van der Waals surface area contributed by atoms with Crippen LogP contribution in [0.25, 0.3) is 0 Å². The van der Waals surface area contributed by atoms with Gasteiger partial charge in [-0.3, -0.25) is 9.69 Å². The third-order valence-corrected chi connectivity index (χ3v) is 6.02. The summed E-state index contributed by atoms with van der Waals surface area (Å²) < 4.78 is 7.25. The van der Waals surface area contributed by atoms with E-state index in [1.165, 1.54) is 0 Å². The minimum Gasteiger partial charge on any atom is -0.470 e. The smallest absolute Gasteiger partial charge is 0.274 e. The molecule has 6 nitrogen and oxygen atoms in total. The number of halogens is 3. The van der Waals surface area contributed by atoms with Crippen LogP contribution in [0.2, 0.25) is 15.1 Å². The second kappa shape index (κ2) is 9.92. The van der Waals surface area contributed by atoms with Crippen molar-refractivity contribution in [2.75, 3.05) is 26.2 Å². The van der Waals surface area contributed by atoms with Crippen LogP contribution in [0.1, 0.15) is 16.1 Å². The fraction of sp³-hybridized carbons (Fsp3) is 0.273. The number of amides is 1. The normalized spacial score (nSPS) is 14.6. The van der Waals surface area contributed by atoms with E-state index >= 15 is 0 Å². The lowest BCUT2D eigenvalue weighted by Gasteiger charge is -2.34. The zero-order valence-corrected chi connectivity index (χ0v) is 18.9. The van der Waals surface area contributed by atoms with Gasteiger partial charge in [0.25, 0.3) is 5.91 Å². The molecule has 0 radical (unpaired) electrons. The number of aromatic nitrogens is 2. The van der Waals surface area contributed by atoms with E-state index in [0.29, 0.717) is 39.6 Å². The van der Waals surface area contributed by atoms with Crippen LogP contribution in [-0.2, 0) is 13.3 Å². The van der Waals surface area contributed by atoms with Gasteiger partial charge in [0, 0.05) is 49.0 Å². The molecule has 1 amide bonds. The van der Waals surface area contributed by atoms with Gasteiger partial charge in [0.15, 0.2) is 12.4 Å². The highest BCUT2D eigenvalue weighted by atomic mass is 35.5. The van der Waals surface area contributed by atoms with Crippen LogP contribution in [0.5, 0.6) is 5.75 Å². The summed E-state index contributed by atoms with van der Waals surface area (Å²) in [5.41, 5.74) is 1.43. The number of hydrogen-bond acceptors (Lipinski definition) is 4. The molecule has 1 saturated heterocycles. The van der Waals surface area contributed by atoms with Crippen molar-refractivity contribution < 1.29 is 9.53 Å². The molecule has 2 heterocycles. The van der Waals surface area contributed by atoms with Gasteiger partial charge < -0.3 is 9.64 Å². The van der Waals surface area contributed by atoms with Crippen LogP contribution in [0.3, 0.4) is 0 Å². The molecule has 9 heteroatoms. The predicted octanol–water partition coefficient (Wildman–Crippen LogP) is 4.84. The summed E-state index contributed by atoms with van der Waals surface area (Å²) in [5.74, 6) is 0.491. The molecule has 31 heavy (non-hydrogen) atoms. The summed E-state index contributed by atoms with van der Waals surface area (Å²) >= 11 is 18.3. The number of piperazine rings is 1. The number of para-hydroxylation sites is 1. The number of ether oxygens (including phenoxy) is 1. The molecule has 1 aromatic heterocycles. The third kappa shape index (κ3) is 5.52. The molecule has 0 saturated carbocycles. The number of rotatable bonds is 6. The molecule has 0 bridgehead atoms. The number of carbonyl (C=O) groups excluding carboxylic acids is 1. The summed E-state index contributed by atoms with van der Waals surface area (Å²) in [7, 11) is 0. The van der Waals surface area contributed by atoms with Crippen LogP contribution < -0.4 is 4.74 Å². The van der Waals surface area contributed by atoms with Gasteiger partial charge in [0.2, 0.25) is 0 Å². The highest BCUT2D eigenvalue weighted by Crippen LogP contribution is 2.24. The molecule has 4 rings (SSSR count). The van der Waals surface area contributed by atoms with Crippen LogP contribution in [-0.4, -0.2) is 51.7 Å². The fourth-order valence-electron chi connectivity index (χ4n) is 3.41. The summed E-state index contributed by atoms with van der Waals surface area (Å²) in [6, 6.07) is 14.5. The van der Waals surface area contributed by atoms with E-state index < -0.39 is 0 Å². The first-order chi connectivity index (χ1) is 15.0. The Balaban J connectivity index is 1.29. The topological polar surface area (TPSA) is 50.6 Å². The highest BCUT2D eigenvalue weighted by Gasteiger charge is 2.24. The molecule has 0 unspecified atom stereocenters. The van der Waals surface area contributed by atoms with Gasteiger partial charge in [0.1, 0.15) is 5.75 Å². The van der Waals surface area contributed by atoms with Gasteiger partial charge in [-0.15, -0.1) is 0 Å². The van der Waals surface area contributed by atoms with Crippen molar-refractivity contribution in [3.8, 4) is 5.75 Å². The first kappa shape index (κ1) is 22.0. The summed E-state index contributed by atoms with van der Waals surface area (Å²) in [6.45, 7) is 3.70. The lowest BCUT2D eigenvalue weighted by atomic mass is 10.2. The number of nitrogens with zero attached hydrogens (tertiary/aromatic N) is 4. The lowest BCUT2D eigenvalue weighted by molar-refractivity contribution is 0.0621. The van der Waals surface area contributed by atoms with E-state index in [9.17, 15) is 4.79 Å². The molecule has 1 fully saturated rings. The predicted molar refractivity (Wildman–Crippen MR) is 122 cm³/mol. The van der Waals surface area contributed by atoms with Crippen molar-refractivity contribution in [2.45, 2.75) is 13.3 Å². The molecule has 3 aromatic rings. The van der Waals surface area contributed by atoms with E-state index in [-0.39, 0.29) is 12.6 Å². The fourth-order valence-corrected chi connectivity index (χ4v) is 4.07. The minimum absolute atomic E-state index is 0.0827. The van der Waals surface area contributed by atoms with E-state index in [1.54, 1.807) is 35.1 Å². The summed E-state index contributed by atoms with van der Waals surface area (Å²) in [5, 5.41) is 6.17. The van der Waals surface area contributed by atoms with Gasteiger partial charge >= 0.3 is 0 Å². The van der Waals surface area contributed by atoms with Crippen LogP contribution in [0, 0.1) is 0 Å². The molecule has 162 valence electrons. The Labute approximate surface area is 195 Å². The number of benzene rings is 2. The zero-order valence-electron chi connectivity index (χ0n) is 16.7. The van der Waals surface area contributed by atoms with Crippen molar-refractivity contribution in [1.82, 2.24) is 19.6 Å². The quantitative estimate of drug-likeness (QED) is 0.508. The monoisotopic (exact) mass is 478 g/mol. The van der Waals surface area contributed by atoms with Gasteiger partial charge in [-0.1, -0.05) is 53.0 Å². The van der Waals surface area contributed by atoms with Gasteiger partial charge in [-0.2, -0.15) is 5.10 Å². The third-order valence-electron chi connectivity index (χ3n) is 5.12. The van der Waals surface area contributed by atoms with Crippen molar-refractivity contribution >= 4 is 40.7 Å². The summed E-state index contributed by atoms with van der Waals surface area (Å²) in [4.78, 5) is 16.9. The van der Waals surface area contributed by atoms with Crippen molar-refractivity contribution in [2.24, 2.45) is 0 Å². The maximum absolute atomic E-state index is 12.8. The average molecular weight is 480 g/mol. The van der Waals surface area contributed by atoms with E-state index in [1.807, 2.05) is 29.2 Å². The molecule has 1 aliphatic heterocycles. The zero-order chi connectivity index (χ0) is 21.8. The average Bonchev–Trinajstić information content (AvgIpc) is 3.24. The second-order valence-corrected chi connectivity index (χ2v) is 8.50. The largest absolute Gasteiger partial charge is 0.470 e.